The standard InChI is InChI=1S/C16H29NO2/c1-11-10-16(2,3)9-8-14(11)17-13-6-4-12(5-7-13)15(18)19/h11-14,17H,4-10H2,1-3H3,(H,18,19). The van der Waals surface area contributed by atoms with E-state index in [1.54, 1.807) is 0 Å². The number of carboxylic acids is 1. The van der Waals surface area contributed by atoms with Gasteiger partial charge in [0.2, 0.25) is 0 Å². The maximum absolute atomic E-state index is 11.0. The minimum absolute atomic E-state index is 0.0965. The Bertz CT molecular complexity index is 319. The molecule has 0 heterocycles. The lowest BCUT2D eigenvalue weighted by Gasteiger charge is -2.42. The zero-order chi connectivity index (χ0) is 14.0. The van der Waals surface area contributed by atoms with Crippen LogP contribution in [0.15, 0.2) is 0 Å². The predicted molar refractivity (Wildman–Crippen MR) is 77.1 cm³/mol. The molecule has 3 nitrogen and oxygen atoms in total. The van der Waals surface area contributed by atoms with Gasteiger partial charge in [-0.3, -0.25) is 4.79 Å². The number of nitrogens with one attached hydrogen (secondary N) is 1. The van der Waals surface area contributed by atoms with E-state index >= 15 is 0 Å². The second-order valence-corrected chi connectivity index (χ2v) is 7.54. The van der Waals surface area contributed by atoms with Gasteiger partial charge in [0.05, 0.1) is 5.92 Å². The van der Waals surface area contributed by atoms with E-state index < -0.39 is 5.97 Å². The first kappa shape index (κ1) is 14.8. The molecule has 0 aromatic carbocycles. The van der Waals surface area contributed by atoms with Crippen molar-refractivity contribution < 1.29 is 9.90 Å². The summed E-state index contributed by atoms with van der Waals surface area (Å²) in [5, 5.41) is 12.8. The van der Waals surface area contributed by atoms with E-state index in [2.05, 4.69) is 26.1 Å². The molecule has 0 amide bonds. The summed E-state index contributed by atoms with van der Waals surface area (Å²) in [7, 11) is 0. The van der Waals surface area contributed by atoms with Crippen molar-refractivity contribution in [3.8, 4) is 0 Å². The van der Waals surface area contributed by atoms with Crippen molar-refractivity contribution in [3.05, 3.63) is 0 Å². The quantitative estimate of drug-likeness (QED) is 0.823. The maximum atomic E-state index is 11.0. The number of carboxylic acid groups (broad SMARTS) is 1. The van der Waals surface area contributed by atoms with Gasteiger partial charge in [0.25, 0.3) is 0 Å². The molecule has 2 rings (SSSR count). The van der Waals surface area contributed by atoms with E-state index in [9.17, 15) is 4.79 Å². The van der Waals surface area contributed by atoms with Crippen molar-refractivity contribution in [2.75, 3.05) is 0 Å². The molecular weight excluding hydrogens is 238 g/mol. The zero-order valence-corrected chi connectivity index (χ0v) is 12.6. The Morgan fingerprint density at radius 3 is 2.32 bits per heavy atom. The summed E-state index contributed by atoms with van der Waals surface area (Å²) in [6.07, 6.45) is 7.63. The van der Waals surface area contributed by atoms with Gasteiger partial charge in [-0.25, -0.2) is 0 Å². The molecule has 0 spiro atoms. The van der Waals surface area contributed by atoms with E-state index in [0.29, 0.717) is 17.5 Å². The van der Waals surface area contributed by atoms with Crippen LogP contribution >= 0.6 is 0 Å². The molecule has 2 unspecified atom stereocenters. The second-order valence-electron chi connectivity index (χ2n) is 7.54. The average Bonchev–Trinajstić information content (AvgIpc) is 2.33. The van der Waals surface area contributed by atoms with Crippen LogP contribution in [0.1, 0.15) is 65.7 Å². The molecular formula is C16H29NO2. The molecule has 0 aromatic rings. The molecule has 2 aliphatic rings. The van der Waals surface area contributed by atoms with Gasteiger partial charge in [-0.1, -0.05) is 20.8 Å². The number of rotatable bonds is 3. The SMILES string of the molecule is CC1CC(C)(C)CCC1NC1CCC(C(=O)O)CC1. The Morgan fingerprint density at radius 1 is 1.16 bits per heavy atom. The number of carbonyl (C=O) groups is 1. The van der Waals surface area contributed by atoms with Crippen LogP contribution in [0.25, 0.3) is 0 Å². The van der Waals surface area contributed by atoms with E-state index in [1.165, 1.54) is 19.3 Å². The first-order valence-electron chi connectivity index (χ1n) is 7.86. The maximum Gasteiger partial charge on any atom is 0.306 e. The van der Waals surface area contributed by atoms with E-state index in [-0.39, 0.29) is 5.92 Å². The number of hydrogen-bond donors (Lipinski definition) is 2. The fraction of sp³-hybridized carbons (Fsp3) is 0.938. The molecule has 0 saturated heterocycles. The van der Waals surface area contributed by atoms with Gasteiger partial charge < -0.3 is 10.4 Å². The van der Waals surface area contributed by atoms with Gasteiger partial charge in [-0.15, -0.1) is 0 Å². The first-order valence-corrected chi connectivity index (χ1v) is 7.86. The Balaban J connectivity index is 1.78. The van der Waals surface area contributed by atoms with E-state index in [4.69, 9.17) is 5.11 Å². The van der Waals surface area contributed by atoms with E-state index in [1.807, 2.05) is 0 Å². The van der Waals surface area contributed by atoms with Crippen molar-refractivity contribution in [1.82, 2.24) is 5.32 Å². The van der Waals surface area contributed by atoms with Crippen molar-refractivity contribution in [2.24, 2.45) is 17.3 Å². The zero-order valence-electron chi connectivity index (χ0n) is 12.6. The summed E-state index contributed by atoms with van der Waals surface area (Å²) in [4.78, 5) is 11.0. The summed E-state index contributed by atoms with van der Waals surface area (Å²) >= 11 is 0. The lowest BCUT2D eigenvalue weighted by atomic mass is 9.70. The summed E-state index contributed by atoms with van der Waals surface area (Å²) in [6, 6.07) is 1.18. The molecule has 2 saturated carbocycles. The smallest absolute Gasteiger partial charge is 0.306 e. The minimum Gasteiger partial charge on any atom is -0.481 e. The molecule has 0 aliphatic heterocycles. The molecule has 0 radical (unpaired) electrons. The Kier molecular flexibility index (Phi) is 4.54. The van der Waals surface area contributed by atoms with Crippen LogP contribution in [0, 0.1) is 17.3 Å². The highest BCUT2D eigenvalue weighted by Crippen LogP contribution is 2.39. The molecule has 3 heteroatoms. The van der Waals surface area contributed by atoms with Gasteiger partial charge in [-0.2, -0.15) is 0 Å². The molecule has 0 bridgehead atoms. The summed E-state index contributed by atoms with van der Waals surface area (Å²) in [5.41, 5.74) is 0.499. The van der Waals surface area contributed by atoms with Gasteiger partial charge >= 0.3 is 5.97 Å². The van der Waals surface area contributed by atoms with E-state index in [0.717, 1.165) is 31.6 Å². The van der Waals surface area contributed by atoms with Gasteiger partial charge in [-0.05, 0) is 56.3 Å². The van der Waals surface area contributed by atoms with Crippen LogP contribution in [-0.4, -0.2) is 23.2 Å². The molecule has 19 heavy (non-hydrogen) atoms. The molecule has 2 N–H and O–H groups in total. The van der Waals surface area contributed by atoms with Crippen LogP contribution in [-0.2, 0) is 4.79 Å². The fourth-order valence-corrected chi connectivity index (χ4v) is 4.00. The highest BCUT2D eigenvalue weighted by Gasteiger charge is 2.34. The molecule has 2 fully saturated rings. The Labute approximate surface area is 117 Å². The van der Waals surface area contributed by atoms with Crippen molar-refractivity contribution in [1.29, 1.82) is 0 Å². The fourth-order valence-electron chi connectivity index (χ4n) is 4.00. The van der Waals surface area contributed by atoms with Gasteiger partial charge in [0.15, 0.2) is 0 Å². The summed E-state index contributed by atoms with van der Waals surface area (Å²) < 4.78 is 0. The lowest BCUT2D eigenvalue weighted by molar-refractivity contribution is -0.142. The Morgan fingerprint density at radius 2 is 1.79 bits per heavy atom. The monoisotopic (exact) mass is 267 g/mol. The van der Waals surface area contributed by atoms with Crippen LogP contribution in [0.5, 0.6) is 0 Å². The number of aliphatic carboxylic acids is 1. The largest absolute Gasteiger partial charge is 0.481 e. The minimum atomic E-state index is -0.605. The normalized spacial score (nSPS) is 38.9. The van der Waals surface area contributed by atoms with Crippen molar-refractivity contribution in [3.63, 3.8) is 0 Å². The second kappa shape index (κ2) is 5.82. The highest BCUT2D eigenvalue weighted by atomic mass is 16.4. The van der Waals surface area contributed by atoms with Crippen LogP contribution in [0.2, 0.25) is 0 Å². The summed E-state index contributed by atoms with van der Waals surface area (Å²) in [6.45, 7) is 7.11. The molecule has 2 aliphatic carbocycles. The van der Waals surface area contributed by atoms with Crippen molar-refractivity contribution in [2.45, 2.75) is 77.8 Å². The van der Waals surface area contributed by atoms with Crippen molar-refractivity contribution >= 4 is 5.97 Å². The third-order valence-electron chi connectivity index (χ3n) is 5.22. The van der Waals surface area contributed by atoms with Crippen LogP contribution in [0.4, 0.5) is 0 Å². The van der Waals surface area contributed by atoms with Gasteiger partial charge in [0, 0.05) is 12.1 Å². The highest BCUT2D eigenvalue weighted by molar-refractivity contribution is 5.70. The predicted octanol–water partition coefficient (Wildman–Crippen LogP) is 3.43. The third kappa shape index (κ3) is 3.95. The summed E-state index contributed by atoms with van der Waals surface area (Å²) in [5.74, 6) is 0.0351. The third-order valence-corrected chi connectivity index (χ3v) is 5.22. The molecule has 0 aromatic heterocycles. The Hall–Kier alpha value is -0.570. The lowest BCUT2D eigenvalue weighted by Crippen LogP contribution is -2.47. The molecule has 110 valence electrons. The first-order chi connectivity index (χ1) is 8.87. The number of hydrogen-bond acceptors (Lipinski definition) is 2. The van der Waals surface area contributed by atoms with Gasteiger partial charge in [0.1, 0.15) is 0 Å². The molecule has 2 atom stereocenters. The van der Waals surface area contributed by atoms with Crippen LogP contribution in [0.3, 0.4) is 0 Å². The van der Waals surface area contributed by atoms with Crippen LogP contribution < -0.4 is 5.32 Å². The average molecular weight is 267 g/mol. The topological polar surface area (TPSA) is 49.3 Å².